The van der Waals surface area contributed by atoms with Crippen LogP contribution in [0.1, 0.15) is 5.56 Å². The lowest BCUT2D eigenvalue weighted by Gasteiger charge is -2.16. The van der Waals surface area contributed by atoms with Crippen molar-refractivity contribution in [2.75, 3.05) is 11.9 Å². The van der Waals surface area contributed by atoms with Crippen LogP contribution < -0.4 is 11.1 Å². The number of aromatic amines is 1. The van der Waals surface area contributed by atoms with Crippen molar-refractivity contribution in [1.29, 1.82) is 0 Å². The molecule has 0 radical (unpaired) electrons. The Morgan fingerprint density at radius 3 is 2.58 bits per heavy atom. The Balaban J connectivity index is 1.42. The number of nitrogens with zero attached hydrogens (tertiary/aromatic N) is 5. The van der Waals surface area contributed by atoms with Crippen molar-refractivity contribution in [3.8, 4) is 22.6 Å². The Labute approximate surface area is 207 Å². The molecule has 0 fully saturated rings. The lowest BCUT2D eigenvalue weighted by molar-refractivity contribution is 0.698. The van der Waals surface area contributed by atoms with E-state index in [-0.39, 0.29) is 6.04 Å². The van der Waals surface area contributed by atoms with Crippen LogP contribution in [0.15, 0.2) is 91.6 Å². The molecule has 0 saturated heterocycles. The monoisotopic (exact) mass is 472 g/mol. The maximum Gasteiger partial charge on any atom is 0.162 e. The van der Waals surface area contributed by atoms with Gasteiger partial charge in [-0.05, 0) is 42.3 Å². The van der Waals surface area contributed by atoms with E-state index < -0.39 is 0 Å². The molecule has 1 atom stereocenters. The molecule has 8 nitrogen and oxygen atoms in total. The van der Waals surface area contributed by atoms with Crippen molar-refractivity contribution in [3.05, 3.63) is 97.2 Å². The van der Waals surface area contributed by atoms with Crippen LogP contribution in [-0.4, -0.2) is 42.5 Å². The summed E-state index contributed by atoms with van der Waals surface area (Å²) in [5, 5.41) is 4.37. The summed E-state index contributed by atoms with van der Waals surface area (Å²) in [5.74, 6) is 1.32. The predicted octanol–water partition coefficient (Wildman–Crippen LogP) is 4.61. The number of fused-ring (bicyclic) bond motifs is 2. The second-order valence-electron chi connectivity index (χ2n) is 8.65. The van der Waals surface area contributed by atoms with Crippen LogP contribution in [0.2, 0.25) is 0 Å². The van der Waals surface area contributed by atoms with E-state index in [4.69, 9.17) is 20.7 Å². The van der Waals surface area contributed by atoms with Crippen LogP contribution in [-0.2, 0) is 6.42 Å². The number of pyridine rings is 2. The number of benzene rings is 2. The third-order valence-corrected chi connectivity index (χ3v) is 6.12. The highest BCUT2D eigenvalue weighted by atomic mass is 15.0. The fraction of sp³-hybridized carbons (Fsp3) is 0.107. The quantitative estimate of drug-likeness (QED) is 0.310. The van der Waals surface area contributed by atoms with Crippen LogP contribution >= 0.6 is 0 Å². The predicted molar refractivity (Wildman–Crippen MR) is 142 cm³/mol. The summed E-state index contributed by atoms with van der Waals surface area (Å²) in [6, 6.07) is 22.0. The molecule has 0 spiro atoms. The molecule has 6 aromatic rings. The molecule has 6 rings (SSSR count). The normalized spacial score (nSPS) is 12.1. The molecule has 0 unspecified atom stereocenters. The molecule has 8 heteroatoms. The number of rotatable bonds is 7. The van der Waals surface area contributed by atoms with Crippen molar-refractivity contribution in [1.82, 2.24) is 29.9 Å². The second kappa shape index (κ2) is 9.52. The van der Waals surface area contributed by atoms with Crippen molar-refractivity contribution in [3.63, 3.8) is 0 Å². The molecule has 0 amide bonds. The van der Waals surface area contributed by atoms with E-state index in [1.165, 1.54) is 5.56 Å². The molecule has 36 heavy (non-hydrogen) atoms. The molecule has 0 aliphatic carbocycles. The molecule has 4 aromatic heterocycles. The van der Waals surface area contributed by atoms with Gasteiger partial charge in [0.15, 0.2) is 5.82 Å². The van der Waals surface area contributed by atoms with Gasteiger partial charge in [-0.15, -0.1) is 0 Å². The van der Waals surface area contributed by atoms with Crippen LogP contribution in [0, 0.1) is 0 Å². The molecule has 0 aliphatic heterocycles. The molecule has 0 saturated carbocycles. The minimum atomic E-state index is -0.0779. The van der Waals surface area contributed by atoms with Gasteiger partial charge < -0.3 is 16.0 Å². The molecule has 4 N–H and O–H groups in total. The SMILES string of the molecule is N[C@H](CNc1nc(-c2ccncc2)nc2c(-c3ccc4nc[nH]c4c3)nccc12)Cc1ccccc1. The van der Waals surface area contributed by atoms with Gasteiger partial charge in [0.25, 0.3) is 0 Å². The molecule has 4 heterocycles. The highest BCUT2D eigenvalue weighted by Gasteiger charge is 2.16. The summed E-state index contributed by atoms with van der Waals surface area (Å²) < 4.78 is 0. The van der Waals surface area contributed by atoms with Crippen LogP contribution in [0.4, 0.5) is 5.82 Å². The van der Waals surface area contributed by atoms with Gasteiger partial charge in [-0.2, -0.15) is 0 Å². The second-order valence-corrected chi connectivity index (χ2v) is 8.65. The van der Waals surface area contributed by atoms with Crippen molar-refractivity contribution in [2.24, 2.45) is 5.73 Å². The van der Waals surface area contributed by atoms with E-state index in [1.54, 1.807) is 24.9 Å². The Kier molecular flexibility index (Phi) is 5.77. The molecule has 0 bridgehead atoms. The third kappa shape index (κ3) is 4.37. The smallest absolute Gasteiger partial charge is 0.162 e. The van der Waals surface area contributed by atoms with E-state index >= 15 is 0 Å². The zero-order valence-corrected chi connectivity index (χ0v) is 19.5. The Morgan fingerprint density at radius 1 is 0.861 bits per heavy atom. The summed E-state index contributed by atoms with van der Waals surface area (Å²) in [5.41, 5.74) is 12.9. The number of hydrogen-bond donors (Lipinski definition) is 3. The summed E-state index contributed by atoms with van der Waals surface area (Å²) in [6.07, 6.45) is 7.73. The highest BCUT2D eigenvalue weighted by Crippen LogP contribution is 2.32. The number of anilines is 1. The largest absolute Gasteiger partial charge is 0.368 e. The topological polar surface area (TPSA) is 118 Å². The molecule has 176 valence electrons. The van der Waals surface area contributed by atoms with Crippen molar-refractivity contribution in [2.45, 2.75) is 12.5 Å². The minimum absolute atomic E-state index is 0.0779. The minimum Gasteiger partial charge on any atom is -0.368 e. The zero-order valence-electron chi connectivity index (χ0n) is 19.5. The van der Waals surface area contributed by atoms with Gasteiger partial charge in [0.2, 0.25) is 0 Å². The number of nitrogens with two attached hydrogens (primary N) is 1. The van der Waals surface area contributed by atoms with E-state index in [9.17, 15) is 0 Å². The standard InChI is InChI=1S/C28H24N8/c29-21(14-18-4-2-1-3-5-18)16-32-28-22-10-13-31-25(20-6-7-23-24(15-20)34-17-33-23)26(22)35-27(36-28)19-8-11-30-12-9-19/h1-13,15,17,21H,14,16,29H2,(H,33,34)(H,32,35,36)/t21-/m0/s1. The summed E-state index contributed by atoms with van der Waals surface area (Å²) in [6.45, 7) is 0.564. The lowest BCUT2D eigenvalue weighted by Crippen LogP contribution is -2.31. The number of hydrogen-bond acceptors (Lipinski definition) is 7. The average Bonchev–Trinajstić information content (AvgIpc) is 3.40. The first-order valence-electron chi connectivity index (χ1n) is 11.8. The van der Waals surface area contributed by atoms with E-state index in [0.29, 0.717) is 12.4 Å². The van der Waals surface area contributed by atoms with Gasteiger partial charge in [0, 0.05) is 47.7 Å². The third-order valence-electron chi connectivity index (χ3n) is 6.12. The maximum atomic E-state index is 6.47. The average molecular weight is 473 g/mol. The summed E-state index contributed by atoms with van der Waals surface area (Å²) in [7, 11) is 0. The van der Waals surface area contributed by atoms with Gasteiger partial charge in [0.05, 0.1) is 23.1 Å². The van der Waals surface area contributed by atoms with Crippen LogP contribution in [0.5, 0.6) is 0 Å². The first-order chi connectivity index (χ1) is 17.7. The Hall–Kier alpha value is -4.69. The first kappa shape index (κ1) is 21.8. The zero-order chi connectivity index (χ0) is 24.3. The lowest BCUT2D eigenvalue weighted by atomic mass is 10.1. The fourth-order valence-corrected chi connectivity index (χ4v) is 4.33. The number of aromatic nitrogens is 6. The molecule has 0 aliphatic rings. The Morgan fingerprint density at radius 2 is 1.72 bits per heavy atom. The van der Waals surface area contributed by atoms with Gasteiger partial charge in [-0.3, -0.25) is 9.97 Å². The number of H-pyrrole nitrogens is 1. The number of imidazole rings is 1. The van der Waals surface area contributed by atoms with E-state index in [0.717, 1.165) is 51.0 Å². The summed E-state index contributed by atoms with van der Waals surface area (Å²) >= 11 is 0. The van der Waals surface area contributed by atoms with E-state index in [2.05, 4.69) is 32.4 Å². The van der Waals surface area contributed by atoms with Gasteiger partial charge in [0.1, 0.15) is 11.3 Å². The van der Waals surface area contributed by atoms with Gasteiger partial charge >= 0.3 is 0 Å². The maximum absolute atomic E-state index is 6.47. The van der Waals surface area contributed by atoms with Crippen LogP contribution in [0.25, 0.3) is 44.6 Å². The summed E-state index contributed by atoms with van der Waals surface area (Å²) in [4.78, 5) is 26.2. The Bertz CT molecular complexity index is 1630. The molecular weight excluding hydrogens is 448 g/mol. The first-order valence-corrected chi connectivity index (χ1v) is 11.8. The van der Waals surface area contributed by atoms with Crippen molar-refractivity contribution >= 4 is 27.8 Å². The number of nitrogens with one attached hydrogen (secondary N) is 2. The molecular formula is C28H24N8. The molecule has 2 aromatic carbocycles. The highest BCUT2D eigenvalue weighted by molar-refractivity contribution is 5.99. The van der Waals surface area contributed by atoms with Gasteiger partial charge in [-0.25, -0.2) is 15.0 Å². The van der Waals surface area contributed by atoms with Crippen LogP contribution in [0.3, 0.4) is 0 Å². The fourth-order valence-electron chi connectivity index (χ4n) is 4.33. The van der Waals surface area contributed by atoms with Crippen molar-refractivity contribution < 1.29 is 0 Å². The van der Waals surface area contributed by atoms with Gasteiger partial charge in [-0.1, -0.05) is 36.4 Å². The van der Waals surface area contributed by atoms with E-state index in [1.807, 2.05) is 54.6 Å².